The van der Waals surface area contributed by atoms with E-state index in [0.717, 1.165) is 29.1 Å². The molecule has 0 aliphatic rings. The Morgan fingerprint density at radius 2 is 2.26 bits per heavy atom. The number of halogens is 1. The summed E-state index contributed by atoms with van der Waals surface area (Å²) >= 11 is 3.40. The zero-order valence-electron chi connectivity index (χ0n) is 10.9. The Morgan fingerprint density at radius 1 is 1.47 bits per heavy atom. The largest absolute Gasteiger partial charge is 0.356 e. The van der Waals surface area contributed by atoms with Gasteiger partial charge in [-0.25, -0.2) is 0 Å². The van der Waals surface area contributed by atoms with E-state index < -0.39 is 0 Å². The van der Waals surface area contributed by atoms with Gasteiger partial charge in [0.1, 0.15) is 5.69 Å². The van der Waals surface area contributed by atoms with Crippen LogP contribution in [0, 0.1) is 0 Å². The summed E-state index contributed by atoms with van der Waals surface area (Å²) in [6, 6.07) is 7.79. The lowest BCUT2D eigenvalue weighted by molar-refractivity contribution is -0.121. The fourth-order valence-electron chi connectivity index (χ4n) is 2.01. The lowest BCUT2D eigenvalue weighted by atomic mass is 10.1. The van der Waals surface area contributed by atoms with Gasteiger partial charge in [-0.3, -0.25) is 4.79 Å². The van der Waals surface area contributed by atoms with Gasteiger partial charge >= 0.3 is 0 Å². The van der Waals surface area contributed by atoms with E-state index in [-0.39, 0.29) is 18.4 Å². The molecule has 1 unspecified atom stereocenters. The Kier molecular flexibility index (Phi) is 4.96. The second kappa shape index (κ2) is 6.70. The third kappa shape index (κ3) is 3.56. The van der Waals surface area contributed by atoms with E-state index in [0.29, 0.717) is 5.69 Å². The first-order valence-electron chi connectivity index (χ1n) is 6.43. The number of rotatable bonds is 6. The average molecular weight is 325 g/mol. The highest BCUT2D eigenvalue weighted by molar-refractivity contribution is 9.09. The van der Waals surface area contributed by atoms with Crippen LogP contribution in [0.2, 0.25) is 0 Å². The van der Waals surface area contributed by atoms with Crippen LogP contribution in [0.1, 0.15) is 25.5 Å². The predicted octanol–water partition coefficient (Wildman–Crippen LogP) is 3.05. The number of alkyl halides is 1. The lowest BCUT2D eigenvalue weighted by Crippen LogP contribution is -2.35. The Bertz CT molecular complexity index is 553. The van der Waals surface area contributed by atoms with Crippen LogP contribution in [0.3, 0.4) is 0 Å². The summed E-state index contributed by atoms with van der Waals surface area (Å²) in [6.07, 6.45) is 2.12. The van der Waals surface area contributed by atoms with Crippen molar-refractivity contribution in [2.24, 2.45) is 0 Å². The van der Waals surface area contributed by atoms with Crippen molar-refractivity contribution in [2.45, 2.75) is 32.2 Å². The van der Waals surface area contributed by atoms with E-state index in [1.165, 1.54) is 0 Å². The van der Waals surface area contributed by atoms with Crippen LogP contribution in [-0.4, -0.2) is 22.4 Å². The van der Waals surface area contributed by atoms with Crippen molar-refractivity contribution in [3.63, 3.8) is 0 Å². The molecule has 0 fully saturated rings. The molecule has 0 spiro atoms. The summed E-state index contributed by atoms with van der Waals surface area (Å²) in [5.74, 6) is -0.00754. The Hall–Kier alpha value is -1.36. The van der Waals surface area contributed by atoms with Crippen molar-refractivity contribution in [1.82, 2.24) is 10.5 Å². The summed E-state index contributed by atoms with van der Waals surface area (Å²) < 4.78 is 5.19. The number of hydrogen-bond acceptors (Lipinski definition) is 3. The van der Waals surface area contributed by atoms with E-state index in [1.807, 2.05) is 24.3 Å². The molecule has 1 N–H and O–H groups in total. The fraction of sp³-hybridized carbons (Fsp3) is 0.429. The Balaban J connectivity index is 2.02. The fourth-order valence-corrected chi connectivity index (χ4v) is 2.56. The van der Waals surface area contributed by atoms with Gasteiger partial charge in [0.2, 0.25) is 5.91 Å². The van der Waals surface area contributed by atoms with Crippen molar-refractivity contribution >= 4 is 32.8 Å². The number of aromatic nitrogens is 1. The molecule has 1 amide bonds. The van der Waals surface area contributed by atoms with Crippen LogP contribution in [0.4, 0.5) is 0 Å². The molecule has 0 saturated heterocycles. The molecule has 19 heavy (non-hydrogen) atoms. The topological polar surface area (TPSA) is 55.1 Å². The van der Waals surface area contributed by atoms with Crippen molar-refractivity contribution in [3.8, 4) is 0 Å². The second-order valence-corrected chi connectivity index (χ2v) is 5.25. The third-order valence-electron chi connectivity index (χ3n) is 3.10. The van der Waals surface area contributed by atoms with Crippen molar-refractivity contribution in [2.75, 3.05) is 5.33 Å². The normalized spacial score (nSPS) is 12.5. The molecule has 5 heteroatoms. The number of carbonyl (C=O) groups excluding carboxylic acids is 1. The van der Waals surface area contributed by atoms with Crippen LogP contribution in [0.15, 0.2) is 28.8 Å². The molecule has 1 heterocycles. The number of fused-ring (bicyclic) bond motifs is 1. The first kappa shape index (κ1) is 14.1. The molecule has 0 aliphatic heterocycles. The minimum atomic E-state index is -0.00754. The standard InChI is InChI=1S/C14H17BrN2O2/c1-2-10(7-8-15)16-14(18)9-12-11-5-3-4-6-13(11)19-17-12/h3-6,10H,2,7-9H2,1H3,(H,16,18). The maximum absolute atomic E-state index is 12.0. The maximum atomic E-state index is 12.0. The quantitative estimate of drug-likeness (QED) is 0.831. The van der Waals surface area contributed by atoms with Crippen LogP contribution in [0.25, 0.3) is 11.0 Å². The third-order valence-corrected chi connectivity index (χ3v) is 3.55. The zero-order chi connectivity index (χ0) is 13.7. The second-order valence-electron chi connectivity index (χ2n) is 4.45. The van der Waals surface area contributed by atoms with E-state index in [1.54, 1.807) is 0 Å². The zero-order valence-corrected chi connectivity index (χ0v) is 12.4. The summed E-state index contributed by atoms with van der Waals surface area (Å²) in [5, 5.41) is 8.79. The molecule has 0 aliphatic carbocycles. The Morgan fingerprint density at radius 3 is 3.00 bits per heavy atom. The minimum absolute atomic E-state index is 0.00754. The highest BCUT2D eigenvalue weighted by Gasteiger charge is 2.14. The molecule has 102 valence electrons. The van der Waals surface area contributed by atoms with E-state index in [9.17, 15) is 4.79 Å². The van der Waals surface area contributed by atoms with Gasteiger partial charge < -0.3 is 9.84 Å². The minimum Gasteiger partial charge on any atom is -0.356 e. The van der Waals surface area contributed by atoms with Gasteiger partial charge in [-0.1, -0.05) is 40.1 Å². The lowest BCUT2D eigenvalue weighted by Gasteiger charge is -2.15. The molecule has 0 radical (unpaired) electrons. The summed E-state index contributed by atoms with van der Waals surface area (Å²) in [4.78, 5) is 12.0. The van der Waals surface area contributed by atoms with E-state index >= 15 is 0 Å². The van der Waals surface area contributed by atoms with Crippen molar-refractivity contribution in [3.05, 3.63) is 30.0 Å². The number of amides is 1. The molecule has 1 aromatic carbocycles. The maximum Gasteiger partial charge on any atom is 0.226 e. The van der Waals surface area contributed by atoms with Gasteiger partial charge in [-0.05, 0) is 25.0 Å². The van der Waals surface area contributed by atoms with E-state index in [2.05, 4.69) is 33.3 Å². The van der Waals surface area contributed by atoms with Crippen LogP contribution in [-0.2, 0) is 11.2 Å². The molecule has 0 saturated carbocycles. The van der Waals surface area contributed by atoms with Gasteiger partial charge in [0, 0.05) is 16.8 Å². The number of hydrogen-bond donors (Lipinski definition) is 1. The van der Waals surface area contributed by atoms with Crippen LogP contribution >= 0.6 is 15.9 Å². The number of nitrogens with zero attached hydrogens (tertiary/aromatic N) is 1. The summed E-state index contributed by atoms with van der Waals surface area (Å²) in [5.41, 5.74) is 1.42. The van der Waals surface area contributed by atoms with Crippen molar-refractivity contribution < 1.29 is 9.32 Å². The number of nitrogens with one attached hydrogen (secondary N) is 1. The monoisotopic (exact) mass is 324 g/mol. The molecule has 1 aromatic heterocycles. The summed E-state index contributed by atoms with van der Waals surface area (Å²) in [6.45, 7) is 2.07. The smallest absolute Gasteiger partial charge is 0.226 e. The number of benzene rings is 1. The van der Waals surface area contributed by atoms with Gasteiger partial charge in [0.05, 0.1) is 6.42 Å². The molecule has 4 nitrogen and oxygen atoms in total. The average Bonchev–Trinajstić information content (AvgIpc) is 2.82. The van der Waals surface area contributed by atoms with Gasteiger partial charge in [-0.2, -0.15) is 0 Å². The molecular formula is C14H17BrN2O2. The van der Waals surface area contributed by atoms with Gasteiger partial charge in [0.15, 0.2) is 5.58 Å². The van der Waals surface area contributed by atoms with Crippen LogP contribution in [0.5, 0.6) is 0 Å². The molecular weight excluding hydrogens is 308 g/mol. The first-order valence-corrected chi connectivity index (χ1v) is 7.55. The number of para-hydroxylation sites is 1. The number of carbonyl (C=O) groups is 1. The predicted molar refractivity (Wildman–Crippen MR) is 78.3 cm³/mol. The molecule has 2 rings (SSSR count). The van der Waals surface area contributed by atoms with Crippen LogP contribution < -0.4 is 5.32 Å². The highest BCUT2D eigenvalue weighted by atomic mass is 79.9. The summed E-state index contributed by atoms with van der Waals surface area (Å²) in [7, 11) is 0. The highest BCUT2D eigenvalue weighted by Crippen LogP contribution is 2.18. The van der Waals surface area contributed by atoms with Gasteiger partial charge in [-0.15, -0.1) is 0 Å². The first-order chi connectivity index (χ1) is 9.24. The Labute approximate surface area is 120 Å². The molecule has 1 atom stereocenters. The van der Waals surface area contributed by atoms with Crippen molar-refractivity contribution in [1.29, 1.82) is 0 Å². The molecule has 2 aromatic rings. The SMILES string of the molecule is CCC(CCBr)NC(=O)Cc1noc2ccccc12. The van der Waals surface area contributed by atoms with Gasteiger partial charge in [0.25, 0.3) is 0 Å². The molecule has 0 bridgehead atoms. The van der Waals surface area contributed by atoms with E-state index in [4.69, 9.17) is 4.52 Å².